The Morgan fingerprint density at radius 3 is 2.41 bits per heavy atom. The van der Waals surface area contributed by atoms with Gasteiger partial charge in [-0.15, -0.1) is 0 Å². The lowest BCUT2D eigenvalue weighted by Gasteiger charge is -2.57. The van der Waals surface area contributed by atoms with Gasteiger partial charge in [-0.2, -0.15) is 5.10 Å². The second-order valence-electron chi connectivity index (χ2n) is 9.18. The summed E-state index contributed by atoms with van der Waals surface area (Å²) in [6.07, 6.45) is 9.55. The van der Waals surface area contributed by atoms with Gasteiger partial charge in [-0.1, -0.05) is 23.7 Å². The van der Waals surface area contributed by atoms with Gasteiger partial charge in [-0.3, -0.25) is 4.79 Å². The Morgan fingerprint density at radius 2 is 1.76 bits per heavy atom. The maximum absolute atomic E-state index is 12.2. The molecule has 0 aromatic heterocycles. The van der Waals surface area contributed by atoms with Gasteiger partial charge in [-0.05, 0) is 97.6 Å². The lowest BCUT2D eigenvalue weighted by molar-refractivity contribution is -0.00520. The Bertz CT molecular complexity index is 949. The van der Waals surface area contributed by atoms with E-state index < -0.39 is 0 Å². The first kappa shape index (κ1) is 18.7. The van der Waals surface area contributed by atoms with E-state index in [2.05, 4.69) is 22.7 Å². The van der Waals surface area contributed by atoms with Crippen molar-refractivity contribution in [2.45, 2.75) is 43.9 Å². The van der Waals surface area contributed by atoms with Gasteiger partial charge in [0.25, 0.3) is 5.91 Å². The minimum Gasteiger partial charge on any atom is -0.507 e. The maximum atomic E-state index is 12.2. The van der Waals surface area contributed by atoms with Gasteiger partial charge < -0.3 is 5.11 Å². The Hall–Kier alpha value is -2.33. The largest absolute Gasteiger partial charge is 0.507 e. The van der Waals surface area contributed by atoms with Crippen molar-refractivity contribution in [2.75, 3.05) is 0 Å². The number of phenolic OH excluding ortho intramolecular Hbond substituents is 1. The van der Waals surface area contributed by atoms with Gasteiger partial charge in [0.05, 0.1) is 6.21 Å². The van der Waals surface area contributed by atoms with E-state index in [0.29, 0.717) is 16.1 Å². The molecule has 4 aliphatic rings. The number of benzene rings is 2. The molecule has 2 aromatic rings. The lowest BCUT2D eigenvalue weighted by atomic mass is 9.48. The standard InChI is InChI=1S/C24H25ClN2O2/c25-21-3-1-2-18(10-21)23(29)27-26-14-19-9-20(4-5-22(19)28)24-11-15-6-16(12-24)8-17(7-15)13-24/h1-5,9-10,14-17,28H,6-8,11-13H2,(H,27,29)/b26-14+. The summed E-state index contributed by atoms with van der Waals surface area (Å²) < 4.78 is 0. The summed E-state index contributed by atoms with van der Waals surface area (Å²) in [4.78, 5) is 12.2. The van der Waals surface area contributed by atoms with Crippen molar-refractivity contribution in [1.82, 2.24) is 5.43 Å². The summed E-state index contributed by atoms with van der Waals surface area (Å²) in [5.41, 5.74) is 5.18. The van der Waals surface area contributed by atoms with E-state index in [1.54, 1.807) is 30.3 Å². The number of halogens is 1. The Morgan fingerprint density at radius 1 is 1.07 bits per heavy atom. The molecule has 0 saturated heterocycles. The third-order valence-electron chi connectivity index (χ3n) is 7.13. The van der Waals surface area contributed by atoms with Crippen molar-refractivity contribution >= 4 is 23.7 Å². The Kier molecular flexibility index (Phi) is 4.62. The molecule has 4 nitrogen and oxygen atoms in total. The molecular formula is C24H25ClN2O2. The summed E-state index contributed by atoms with van der Waals surface area (Å²) in [5.74, 6) is 2.44. The van der Waals surface area contributed by atoms with Gasteiger partial charge in [-0.25, -0.2) is 5.43 Å². The van der Waals surface area contributed by atoms with Gasteiger partial charge in [0.1, 0.15) is 5.75 Å². The SMILES string of the molecule is O=C(N/N=C/c1cc(C23CC4CC(CC(C4)C2)C3)ccc1O)c1cccc(Cl)c1. The number of phenols is 1. The van der Waals surface area contributed by atoms with E-state index in [1.807, 2.05) is 0 Å². The number of nitrogens with one attached hydrogen (secondary N) is 1. The number of carbonyl (C=O) groups excluding carboxylic acids is 1. The number of carbonyl (C=O) groups is 1. The van der Waals surface area contributed by atoms with Gasteiger partial charge >= 0.3 is 0 Å². The summed E-state index contributed by atoms with van der Waals surface area (Å²) in [5, 5.41) is 14.9. The number of hydrazone groups is 1. The Balaban J connectivity index is 1.35. The molecule has 4 bridgehead atoms. The predicted octanol–water partition coefficient (Wildman–Crippen LogP) is 5.28. The average molecular weight is 409 g/mol. The molecule has 4 saturated carbocycles. The van der Waals surface area contributed by atoms with Crippen LogP contribution in [0.4, 0.5) is 0 Å². The van der Waals surface area contributed by atoms with Gasteiger partial charge in [0.2, 0.25) is 0 Å². The van der Waals surface area contributed by atoms with Crippen LogP contribution < -0.4 is 5.43 Å². The molecule has 0 unspecified atom stereocenters. The summed E-state index contributed by atoms with van der Waals surface area (Å²) >= 11 is 5.93. The zero-order chi connectivity index (χ0) is 20.0. The zero-order valence-electron chi connectivity index (χ0n) is 16.3. The van der Waals surface area contributed by atoms with Crippen LogP contribution in [0, 0.1) is 17.8 Å². The summed E-state index contributed by atoms with van der Waals surface area (Å²) in [6, 6.07) is 12.6. The first-order chi connectivity index (χ1) is 14.0. The first-order valence-corrected chi connectivity index (χ1v) is 10.8. The number of hydrogen-bond acceptors (Lipinski definition) is 3. The number of amides is 1. The highest BCUT2D eigenvalue weighted by Crippen LogP contribution is 2.60. The molecule has 0 aliphatic heterocycles. The number of nitrogens with zero attached hydrogens (tertiary/aromatic N) is 1. The van der Waals surface area contributed by atoms with Crippen LogP contribution in [0.15, 0.2) is 47.6 Å². The normalized spacial score (nSPS) is 30.0. The minimum atomic E-state index is -0.333. The third kappa shape index (κ3) is 3.55. The van der Waals surface area contributed by atoms with Crippen molar-refractivity contribution in [3.63, 3.8) is 0 Å². The molecule has 0 spiro atoms. The number of aromatic hydroxyl groups is 1. The second-order valence-corrected chi connectivity index (χ2v) is 9.62. The number of hydrogen-bond donors (Lipinski definition) is 2. The fraction of sp³-hybridized carbons (Fsp3) is 0.417. The molecule has 4 fully saturated rings. The van der Waals surface area contributed by atoms with E-state index in [9.17, 15) is 9.90 Å². The van der Waals surface area contributed by atoms with Crippen molar-refractivity contribution in [3.8, 4) is 5.75 Å². The van der Waals surface area contributed by atoms with Crippen molar-refractivity contribution in [1.29, 1.82) is 0 Å². The van der Waals surface area contributed by atoms with E-state index in [1.165, 1.54) is 50.3 Å². The molecule has 1 amide bonds. The van der Waals surface area contributed by atoms with Crippen LogP contribution in [0.25, 0.3) is 0 Å². The van der Waals surface area contributed by atoms with E-state index in [4.69, 9.17) is 11.6 Å². The maximum Gasteiger partial charge on any atom is 0.271 e. The van der Waals surface area contributed by atoms with E-state index in [-0.39, 0.29) is 17.1 Å². The molecule has 6 rings (SSSR count). The topological polar surface area (TPSA) is 61.7 Å². The molecule has 2 aromatic carbocycles. The van der Waals surface area contributed by atoms with Crippen LogP contribution in [-0.4, -0.2) is 17.2 Å². The molecule has 150 valence electrons. The van der Waals surface area contributed by atoms with Crippen LogP contribution in [0.1, 0.15) is 60.0 Å². The number of rotatable bonds is 4. The van der Waals surface area contributed by atoms with Crippen LogP contribution >= 0.6 is 11.6 Å². The smallest absolute Gasteiger partial charge is 0.271 e. The molecule has 0 atom stereocenters. The van der Waals surface area contributed by atoms with Crippen LogP contribution in [0.3, 0.4) is 0 Å². The molecule has 5 heteroatoms. The van der Waals surface area contributed by atoms with Crippen molar-refractivity contribution in [3.05, 3.63) is 64.2 Å². The first-order valence-electron chi connectivity index (χ1n) is 10.4. The van der Waals surface area contributed by atoms with Gasteiger partial charge in [0, 0.05) is 16.1 Å². The van der Waals surface area contributed by atoms with Crippen LogP contribution in [0.2, 0.25) is 5.02 Å². The lowest BCUT2D eigenvalue weighted by Crippen LogP contribution is -2.48. The molecule has 4 aliphatic carbocycles. The molecule has 2 N–H and O–H groups in total. The zero-order valence-corrected chi connectivity index (χ0v) is 17.0. The van der Waals surface area contributed by atoms with Crippen molar-refractivity contribution < 1.29 is 9.90 Å². The highest BCUT2D eigenvalue weighted by molar-refractivity contribution is 6.30. The quantitative estimate of drug-likeness (QED) is 0.534. The third-order valence-corrected chi connectivity index (χ3v) is 7.37. The predicted molar refractivity (Wildman–Crippen MR) is 114 cm³/mol. The highest BCUT2D eigenvalue weighted by Gasteiger charge is 2.51. The molecular weight excluding hydrogens is 384 g/mol. The van der Waals surface area contributed by atoms with Crippen LogP contribution in [-0.2, 0) is 5.41 Å². The monoisotopic (exact) mass is 408 g/mol. The van der Waals surface area contributed by atoms with E-state index in [0.717, 1.165) is 17.8 Å². The van der Waals surface area contributed by atoms with E-state index >= 15 is 0 Å². The fourth-order valence-electron chi connectivity index (χ4n) is 6.31. The van der Waals surface area contributed by atoms with Crippen LogP contribution in [0.5, 0.6) is 5.75 Å². The summed E-state index contributed by atoms with van der Waals surface area (Å²) in [7, 11) is 0. The molecule has 29 heavy (non-hydrogen) atoms. The second kappa shape index (κ2) is 7.17. The summed E-state index contributed by atoms with van der Waals surface area (Å²) in [6.45, 7) is 0. The average Bonchev–Trinajstić information content (AvgIpc) is 2.68. The fourth-order valence-corrected chi connectivity index (χ4v) is 6.50. The molecule has 0 radical (unpaired) electrons. The van der Waals surface area contributed by atoms with Crippen molar-refractivity contribution in [2.24, 2.45) is 22.9 Å². The van der Waals surface area contributed by atoms with Gasteiger partial charge in [0.15, 0.2) is 0 Å². The minimum absolute atomic E-state index is 0.180. The highest BCUT2D eigenvalue weighted by atomic mass is 35.5. The molecule has 0 heterocycles. The Labute approximate surface area is 176 Å².